The summed E-state index contributed by atoms with van der Waals surface area (Å²) in [6, 6.07) is 12.4. The van der Waals surface area contributed by atoms with E-state index in [4.69, 9.17) is 9.47 Å². The van der Waals surface area contributed by atoms with Gasteiger partial charge in [-0.05, 0) is 54.4 Å². The molecule has 8 heteroatoms. The van der Waals surface area contributed by atoms with Crippen molar-refractivity contribution in [1.29, 1.82) is 0 Å². The van der Waals surface area contributed by atoms with Crippen LogP contribution in [0.25, 0.3) is 0 Å². The molecule has 0 N–H and O–H groups in total. The number of hydrogen-bond acceptors (Lipinski definition) is 5. The number of sulfonamides is 1. The number of hydrogen-bond donors (Lipinski definition) is 0. The second-order valence-electron chi connectivity index (χ2n) is 6.68. The van der Waals surface area contributed by atoms with E-state index in [9.17, 15) is 13.2 Å². The summed E-state index contributed by atoms with van der Waals surface area (Å²) in [7, 11) is 0.0286. The summed E-state index contributed by atoms with van der Waals surface area (Å²) in [6.45, 7) is 1.20. The van der Waals surface area contributed by atoms with Crippen LogP contribution in [0, 0.1) is 0 Å². The van der Waals surface area contributed by atoms with Gasteiger partial charge in [-0.3, -0.25) is 9.10 Å². The van der Waals surface area contributed by atoms with E-state index in [0.717, 1.165) is 11.3 Å². The van der Waals surface area contributed by atoms with Gasteiger partial charge >= 0.3 is 0 Å². The van der Waals surface area contributed by atoms with Crippen LogP contribution in [-0.2, 0) is 16.4 Å². The van der Waals surface area contributed by atoms with Crippen molar-refractivity contribution in [1.82, 2.24) is 4.90 Å². The van der Waals surface area contributed by atoms with E-state index < -0.39 is 10.0 Å². The zero-order valence-electron chi connectivity index (χ0n) is 16.2. The van der Waals surface area contributed by atoms with Crippen LogP contribution in [0.3, 0.4) is 0 Å². The van der Waals surface area contributed by atoms with E-state index in [1.54, 1.807) is 37.3 Å². The smallest absolute Gasteiger partial charge is 0.253 e. The Morgan fingerprint density at radius 2 is 1.82 bits per heavy atom. The Morgan fingerprint density at radius 3 is 2.46 bits per heavy atom. The highest BCUT2D eigenvalue weighted by molar-refractivity contribution is 7.92. The minimum atomic E-state index is -3.29. The van der Waals surface area contributed by atoms with Crippen molar-refractivity contribution in [2.75, 3.05) is 44.4 Å². The molecule has 0 radical (unpaired) electrons. The molecule has 0 unspecified atom stereocenters. The van der Waals surface area contributed by atoms with Crippen molar-refractivity contribution in [3.63, 3.8) is 0 Å². The molecule has 0 bridgehead atoms. The summed E-state index contributed by atoms with van der Waals surface area (Å²) < 4.78 is 35.8. The van der Waals surface area contributed by atoms with E-state index in [0.29, 0.717) is 43.1 Å². The van der Waals surface area contributed by atoms with Gasteiger partial charge in [0.25, 0.3) is 5.91 Å². The lowest BCUT2D eigenvalue weighted by Crippen LogP contribution is -2.31. The number of carbonyl (C=O) groups is 1. The summed E-state index contributed by atoms with van der Waals surface area (Å²) in [5.41, 5.74) is 2.07. The third-order valence-corrected chi connectivity index (χ3v) is 5.86. The molecule has 3 rings (SSSR count). The van der Waals surface area contributed by atoms with Crippen LogP contribution < -0.4 is 13.8 Å². The van der Waals surface area contributed by atoms with Crippen molar-refractivity contribution in [2.45, 2.75) is 6.42 Å². The van der Waals surface area contributed by atoms with Crippen LogP contribution in [0.1, 0.15) is 15.9 Å². The van der Waals surface area contributed by atoms with Crippen molar-refractivity contribution < 1.29 is 22.7 Å². The number of ether oxygens (including phenoxy) is 2. The Bertz CT molecular complexity index is 957. The Labute approximate surface area is 165 Å². The molecule has 1 amide bonds. The first kappa shape index (κ1) is 20.0. The Hall–Kier alpha value is -2.74. The van der Waals surface area contributed by atoms with Gasteiger partial charge in [0.2, 0.25) is 10.0 Å². The van der Waals surface area contributed by atoms with Crippen molar-refractivity contribution in [2.24, 2.45) is 0 Å². The molecule has 150 valence electrons. The van der Waals surface area contributed by atoms with Crippen molar-refractivity contribution in [3.05, 3.63) is 53.6 Å². The van der Waals surface area contributed by atoms with Crippen LogP contribution in [0.5, 0.6) is 11.5 Å². The molecule has 28 heavy (non-hydrogen) atoms. The largest absolute Gasteiger partial charge is 0.497 e. The van der Waals surface area contributed by atoms with E-state index in [-0.39, 0.29) is 5.91 Å². The standard InChI is InChI=1S/C20H24N2O5S/c1-21(12-13-27-18-7-5-17(26-2)6-8-18)20(23)16-4-9-19-15(14-16)10-11-22(19)28(3,24)25/h4-9,14H,10-13H2,1-3H3. The number of fused-ring (bicyclic) bond motifs is 1. The first-order chi connectivity index (χ1) is 13.3. The lowest BCUT2D eigenvalue weighted by atomic mass is 10.1. The molecule has 0 spiro atoms. The Balaban J connectivity index is 1.59. The fraction of sp³-hybridized carbons (Fsp3) is 0.350. The molecule has 0 aromatic heterocycles. The molecule has 7 nitrogen and oxygen atoms in total. The number of nitrogens with zero attached hydrogens (tertiary/aromatic N) is 2. The van der Waals surface area contributed by atoms with Crippen LogP contribution in [-0.4, -0.2) is 59.3 Å². The maximum absolute atomic E-state index is 12.7. The van der Waals surface area contributed by atoms with E-state index >= 15 is 0 Å². The average Bonchev–Trinajstić information content (AvgIpc) is 3.11. The molecular formula is C20H24N2O5S. The molecule has 0 saturated heterocycles. The number of carbonyl (C=O) groups excluding carboxylic acids is 1. The predicted molar refractivity (Wildman–Crippen MR) is 108 cm³/mol. The number of anilines is 1. The van der Waals surface area contributed by atoms with Gasteiger partial charge in [-0.1, -0.05) is 0 Å². The van der Waals surface area contributed by atoms with Crippen LogP contribution >= 0.6 is 0 Å². The topological polar surface area (TPSA) is 76.2 Å². The number of likely N-dealkylation sites (N-methyl/N-ethyl adjacent to an activating group) is 1. The van der Waals surface area contributed by atoms with Gasteiger partial charge in [0.05, 0.1) is 25.6 Å². The maximum Gasteiger partial charge on any atom is 0.253 e. The van der Waals surface area contributed by atoms with Crippen molar-refractivity contribution in [3.8, 4) is 11.5 Å². The number of amides is 1. The molecular weight excluding hydrogens is 380 g/mol. The van der Waals surface area contributed by atoms with Gasteiger partial charge in [-0.15, -0.1) is 0 Å². The summed E-state index contributed by atoms with van der Waals surface area (Å²) in [5.74, 6) is 1.34. The third kappa shape index (κ3) is 4.39. The second-order valence-corrected chi connectivity index (χ2v) is 8.59. The Morgan fingerprint density at radius 1 is 1.14 bits per heavy atom. The molecule has 1 aliphatic rings. The number of benzene rings is 2. The SMILES string of the molecule is COc1ccc(OCCN(C)C(=O)c2ccc3c(c2)CCN3S(C)(=O)=O)cc1. The quantitative estimate of drug-likeness (QED) is 0.707. The number of rotatable bonds is 7. The average molecular weight is 404 g/mol. The Kier molecular flexibility index (Phi) is 5.79. The first-order valence-corrected chi connectivity index (χ1v) is 10.8. The van der Waals surface area contributed by atoms with Gasteiger partial charge in [-0.2, -0.15) is 0 Å². The summed E-state index contributed by atoms with van der Waals surface area (Å²) in [6.07, 6.45) is 1.80. The maximum atomic E-state index is 12.7. The third-order valence-electron chi connectivity index (χ3n) is 4.68. The van der Waals surface area contributed by atoms with Gasteiger partial charge in [0, 0.05) is 19.2 Å². The highest BCUT2D eigenvalue weighted by Crippen LogP contribution is 2.31. The van der Waals surface area contributed by atoms with Gasteiger partial charge in [-0.25, -0.2) is 8.42 Å². The fourth-order valence-corrected chi connectivity index (χ4v) is 4.10. The van der Waals surface area contributed by atoms with Gasteiger partial charge < -0.3 is 14.4 Å². The molecule has 2 aromatic rings. The zero-order valence-corrected chi connectivity index (χ0v) is 17.0. The summed E-state index contributed by atoms with van der Waals surface area (Å²) in [5, 5.41) is 0. The van der Waals surface area contributed by atoms with Crippen LogP contribution in [0.4, 0.5) is 5.69 Å². The summed E-state index contributed by atoms with van der Waals surface area (Å²) in [4.78, 5) is 14.3. The van der Waals surface area contributed by atoms with Crippen LogP contribution in [0.15, 0.2) is 42.5 Å². The highest BCUT2D eigenvalue weighted by Gasteiger charge is 2.27. The molecule has 0 atom stereocenters. The molecule has 0 fully saturated rings. The van der Waals surface area contributed by atoms with Crippen LogP contribution in [0.2, 0.25) is 0 Å². The number of methoxy groups -OCH3 is 1. The predicted octanol–water partition coefficient (Wildman–Crippen LogP) is 2.17. The molecule has 2 aromatic carbocycles. The highest BCUT2D eigenvalue weighted by atomic mass is 32.2. The second kappa shape index (κ2) is 8.10. The zero-order chi connectivity index (χ0) is 20.3. The molecule has 0 aliphatic carbocycles. The lowest BCUT2D eigenvalue weighted by molar-refractivity contribution is 0.0773. The van der Waals surface area contributed by atoms with E-state index in [2.05, 4.69) is 0 Å². The minimum absolute atomic E-state index is 0.126. The first-order valence-electron chi connectivity index (χ1n) is 8.92. The van der Waals surface area contributed by atoms with Gasteiger partial charge in [0.15, 0.2) is 0 Å². The fourth-order valence-electron chi connectivity index (χ4n) is 3.14. The summed E-state index contributed by atoms with van der Waals surface area (Å²) >= 11 is 0. The molecule has 1 aliphatic heterocycles. The monoisotopic (exact) mass is 404 g/mol. The molecule has 1 heterocycles. The molecule has 0 saturated carbocycles. The van der Waals surface area contributed by atoms with E-state index in [1.807, 2.05) is 24.3 Å². The van der Waals surface area contributed by atoms with Crippen molar-refractivity contribution >= 4 is 21.6 Å². The van der Waals surface area contributed by atoms with E-state index in [1.165, 1.54) is 10.6 Å². The lowest BCUT2D eigenvalue weighted by Gasteiger charge is -2.19. The van der Waals surface area contributed by atoms with Gasteiger partial charge in [0.1, 0.15) is 18.1 Å². The normalized spacial score (nSPS) is 13.2. The minimum Gasteiger partial charge on any atom is -0.497 e.